The Morgan fingerprint density at radius 2 is 1.54 bits per heavy atom. The van der Waals surface area contributed by atoms with Gasteiger partial charge in [-0.2, -0.15) is 0 Å². The number of carboxylic acid groups (broad SMARTS) is 2. The van der Waals surface area contributed by atoms with Crippen LogP contribution >= 0.6 is 0 Å². The number of likely N-dealkylation sites (tertiary alicyclic amines) is 1. The lowest BCUT2D eigenvalue weighted by atomic mass is 10.0. The van der Waals surface area contributed by atoms with Gasteiger partial charge in [0.05, 0.1) is 5.69 Å². The zero-order valence-electron chi connectivity index (χ0n) is 15.6. The van der Waals surface area contributed by atoms with E-state index in [0.717, 1.165) is 42.6 Å². The lowest BCUT2D eigenvalue weighted by Gasteiger charge is -2.22. The second-order valence-corrected chi connectivity index (χ2v) is 7.28. The highest BCUT2D eigenvalue weighted by atomic mass is 19.1. The van der Waals surface area contributed by atoms with Crippen LogP contribution < -0.4 is 4.90 Å². The van der Waals surface area contributed by atoms with Crippen molar-refractivity contribution in [1.82, 2.24) is 4.90 Å². The molecule has 28 heavy (non-hydrogen) atoms. The van der Waals surface area contributed by atoms with Crippen LogP contribution in [-0.4, -0.2) is 60.3 Å². The van der Waals surface area contributed by atoms with Crippen LogP contribution in [0.25, 0.3) is 10.8 Å². The molecule has 0 saturated carbocycles. The predicted octanol–water partition coefficient (Wildman–Crippen LogP) is 2.69. The molecule has 0 bridgehead atoms. The van der Waals surface area contributed by atoms with Gasteiger partial charge in [0, 0.05) is 43.7 Å². The molecule has 2 fully saturated rings. The number of carbonyl (C=O) groups is 2. The summed E-state index contributed by atoms with van der Waals surface area (Å²) < 4.78 is 14.7. The van der Waals surface area contributed by atoms with Gasteiger partial charge >= 0.3 is 11.9 Å². The molecular formula is C21H23FN2O4. The number of halogens is 1. The van der Waals surface area contributed by atoms with Crippen molar-refractivity contribution < 1.29 is 24.2 Å². The predicted molar refractivity (Wildman–Crippen MR) is 105 cm³/mol. The molecule has 148 valence electrons. The number of nitrogens with zero attached hydrogens (tertiary/aromatic N) is 2. The molecular weight excluding hydrogens is 363 g/mol. The average molecular weight is 386 g/mol. The summed E-state index contributed by atoms with van der Waals surface area (Å²) in [5, 5.41) is 17.3. The topological polar surface area (TPSA) is 81.1 Å². The SMILES string of the molecule is CN1CC2CN(c3ccc4ccccc4c3F)CC2C1.O=C(O)/C=C\C(=O)O. The summed E-state index contributed by atoms with van der Waals surface area (Å²) in [6.07, 6.45) is 1.12. The monoisotopic (exact) mass is 386 g/mol. The minimum atomic E-state index is -1.26. The van der Waals surface area contributed by atoms with Crippen LogP contribution in [0.15, 0.2) is 48.6 Å². The maximum Gasteiger partial charge on any atom is 0.328 e. The van der Waals surface area contributed by atoms with E-state index in [2.05, 4.69) is 16.8 Å². The smallest absolute Gasteiger partial charge is 0.328 e. The Hall–Kier alpha value is -2.93. The number of hydrogen-bond donors (Lipinski definition) is 2. The van der Waals surface area contributed by atoms with Gasteiger partial charge in [-0.25, -0.2) is 14.0 Å². The van der Waals surface area contributed by atoms with Gasteiger partial charge in [-0.15, -0.1) is 0 Å². The molecule has 0 amide bonds. The molecule has 2 atom stereocenters. The van der Waals surface area contributed by atoms with E-state index in [1.54, 1.807) is 0 Å². The highest BCUT2D eigenvalue weighted by Crippen LogP contribution is 2.36. The highest BCUT2D eigenvalue weighted by molar-refractivity contribution is 5.89. The molecule has 0 aliphatic carbocycles. The van der Waals surface area contributed by atoms with Crippen LogP contribution in [0.3, 0.4) is 0 Å². The number of hydrogen-bond acceptors (Lipinski definition) is 4. The van der Waals surface area contributed by atoms with Crippen molar-refractivity contribution in [1.29, 1.82) is 0 Å². The minimum Gasteiger partial charge on any atom is -0.478 e. The first-order chi connectivity index (χ1) is 13.3. The van der Waals surface area contributed by atoms with Crippen molar-refractivity contribution in [2.45, 2.75) is 0 Å². The van der Waals surface area contributed by atoms with Gasteiger partial charge < -0.3 is 20.0 Å². The van der Waals surface area contributed by atoms with E-state index < -0.39 is 11.9 Å². The Kier molecular flexibility index (Phi) is 5.94. The first kappa shape index (κ1) is 19.8. The summed E-state index contributed by atoms with van der Waals surface area (Å²) in [7, 11) is 2.18. The highest BCUT2D eigenvalue weighted by Gasteiger charge is 2.39. The van der Waals surface area contributed by atoms with E-state index in [-0.39, 0.29) is 5.82 Å². The molecule has 2 saturated heterocycles. The number of aliphatic carboxylic acids is 2. The summed E-state index contributed by atoms with van der Waals surface area (Å²) in [5.74, 6) is -1.17. The van der Waals surface area contributed by atoms with E-state index in [9.17, 15) is 14.0 Å². The number of carboxylic acids is 2. The summed E-state index contributed by atoms with van der Waals surface area (Å²) in [5.41, 5.74) is 0.778. The first-order valence-electron chi connectivity index (χ1n) is 9.10. The number of rotatable bonds is 3. The van der Waals surface area contributed by atoms with E-state index in [1.165, 1.54) is 0 Å². The lowest BCUT2D eigenvalue weighted by molar-refractivity contribution is -0.134. The van der Waals surface area contributed by atoms with Gasteiger partial charge in [0.1, 0.15) is 0 Å². The standard InChI is InChI=1S/C17H19FN2.C4H4O4/c1-19-8-13-10-20(11-14(13)9-19)16-7-6-12-4-2-3-5-15(12)17(16)18;5-3(6)1-2-4(7)8/h2-7,13-14H,8-11H2,1H3;1-2H,(H,5,6)(H,7,8)/b;2-1-. The van der Waals surface area contributed by atoms with E-state index >= 15 is 0 Å². The molecule has 0 spiro atoms. The Morgan fingerprint density at radius 3 is 2.11 bits per heavy atom. The number of fused-ring (bicyclic) bond motifs is 2. The van der Waals surface area contributed by atoms with Gasteiger partial charge in [0.15, 0.2) is 5.82 Å². The number of anilines is 1. The van der Waals surface area contributed by atoms with Crippen LogP contribution in [0.4, 0.5) is 10.1 Å². The van der Waals surface area contributed by atoms with E-state index in [1.807, 2.05) is 36.4 Å². The molecule has 2 aromatic rings. The van der Waals surface area contributed by atoms with Gasteiger partial charge in [-0.05, 0) is 30.3 Å². The summed E-state index contributed by atoms with van der Waals surface area (Å²) in [6, 6.07) is 11.7. The Morgan fingerprint density at radius 1 is 0.964 bits per heavy atom. The molecule has 0 radical (unpaired) electrons. The van der Waals surface area contributed by atoms with Gasteiger partial charge in [0.25, 0.3) is 0 Å². The van der Waals surface area contributed by atoms with Crippen LogP contribution in [0.1, 0.15) is 0 Å². The van der Waals surface area contributed by atoms with E-state index in [4.69, 9.17) is 10.2 Å². The van der Waals surface area contributed by atoms with E-state index in [0.29, 0.717) is 24.0 Å². The zero-order valence-corrected chi connectivity index (χ0v) is 15.6. The van der Waals surface area contributed by atoms with Crippen molar-refractivity contribution in [3.63, 3.8) is 0 Å². The molecule has 2 aromatic carbocycles. The molecule has 4 rings (SSSR count). The average Bonchev–Trinajstić information content (AvgIpc) is 3.18. The van der Waals surface area contributed by atoms with Gasteiger partial charge in [0.2, 0.25) is 0 Å². The summed E-state index contributed by atoms with van der Waals surface area (Å²) in [4.78, 5) is 23.7. The minimum absolute atomic E-state index is 0.0589. The lowest BCUT2D eigenvalue weighted by Crippen LogP contribution is -2.27. The van der Waals surface area contributed by atoms with Crippen LogP contribution in [0, 0.1) is 17.7 Å². The fourth-order valence-electron chi connectivity index (χ4n) is 4.03. The summed E-state index contributed by atoms with van der Waals surface area (Å²) >= 11 is 0. The van der Waals surface area contributed by atoms with Crippen molar-refractivity contribution in [3.05, 3.63) is 54.4 Å². The summed E-state index contributed by atoms with van der Waals surface area (Å²) in [6.45, 7) is 4.28. The third kappa shape index (κ3) is 4.48. The molecule has 2 heterocycles. The van der Waals surface area contributed by atoms with Crippen molar-refractivity contribution >= 4 is 28.4 Å². The first-order valence-corrected chi connectivity index (χ1v) is 9.10. The van der Waals surface area contributed by atoms with Crippen molar-refractivity contribution in [3.8, 4) is 0 Å². The Balaban J connectivity index is 0.000000242. The second-order valence-electron chi connectivity index (χ2n) is 7.28. The quantitative estimate of drug-likeness (QED) is 0.790. The van der Waals surface area contributed by atoms with Crippen LogP contribution in [-0.2, 0) is 9.59 Å². The number of benzene rings is 2. The third-order valence-corrected chi connectivity index (χ3v) is 5.22. The van der Waals surface area contributed by atoms with Crippen molar-refractivity contribution in [2.75, 3.05) is 38.1 Å². The van der Waals surface area contributed by atoms with Crippen molar-refractivity contribution in [2.24, 2.45) is 11.8 Å². The molecule has 2 unspecified atom stereocenters. The molecule has 2 aliphatic rings. The molecule has 2 N–H and O–H groups in total. The molecule has 7 heteroatoms. The third-order valence-electron chi connectivity index (χ3n) is 5.22. The van der Waals surface area contributed by atoms with Crippen LogP contribution in [0.5, 0.6) is 0 Å². The largest absolute Gasteiger partial charge is 0.478 e. The molecule has 2 aliphatic heterocycles. The zero-order chi connectivity index (χ0) is 20.3. The molecule has 6 nitrogen and oxygen atoms in total. The normalized spacial score (nSPS) is 21.6. The van der Waals surface area contributed by atoms with Crippen LogP contribution in [0.2, 0.25) is 0 Å². The van der Waals surface area contributed by atoms with Gasteiger partial charge in [-0.3, -0.25) is 0 Å². The maximum absolute atomic E-state index is 14.7. The fraction of sp³-hybridized carbons (Fsp3) is 0.333. The Bertz CT molecular complexity index is 884. The second kappa shape index (κ2) is 8.39. The fourth-order valence-corrected chi connectivity index (χ4v) is 4.03. The Labute approximate surface area is 162 Å². The maximum atomic E-state index is 14.7. The van der Waals surface area contributed by atoms with Gasteiger partial charge in [-0.1, -0.05) is 30.3 Å². The molecule has 0 aromatic heterocycles.